The van der Waals surface area contributed by atoms with Gasteiger partial charge in [-0.15, -0.1) is 12.4 Å². The van der Waals surface area contributed by atoms with E-state index in [4.69, 9.17) is 10.5 Å². The van der Waals surface area contributed by atoms with E-state index in [1.165, 1.54) is 0 Å². The van der Waals surface area contributed by atoms with Crippen molar-refractivity contribution in [3.05, 3.63) is 0 Å². The predicted octanol–water partition coefficient (Wildman–Crippen LogP) is 1.50. The van der Waals surface area contributed by atoms with Crippen LogP contribution >= 0.6 is 12.4 Å². The summed E-state index contributed by atoms with van der Waals surface area (Å²) < 4.78 is 5.55. The number of halogens is 1. The standard InChI is InChI=1S/C11H24N2O.ClH/c1-10(2)9-14-8-7-13-5-3-11(12)4-6-13;/h10-11H,3-9,12H2,1-2H3;1H. The number of ether oxygens (including phenoxy) is 1. The van der Waals surface area contributed by atoms with Gasteiger partial charge in [0.1, 0.15) is 0 Å². The maximum absolute atomic E-state index is 5.83. The molecular weight excluding hydrogens is 212 g/mol. The molecule has 1 fully saturated rings. The molecule has 1 saturated heterocycles. The van der Waals surface area contributed by atoms with E-state index in [9.17, 15) is 0 Å². The van der Waals surface area contributed by atoms with Gasteiger partial charge < -0.3 is 15.4 Å². The summed E-state index contributed by atoms with van der Waals surface area (Å²) in [6.07, 6.45) is 2.29. The lowest BCUT2D eigenvalue weighted by atomic mass is 10.1. The lowest BCUT2D eigenvalue weighted by Crippen LogP contribution is -2.41. The molecule has 0 unspecified atom stereocenters. The molecule has 0 spiro atoms. The number of hydrogen-bond acceptors (Lipinski definition) is 3. The fraction of sp³-hybridized carbons (Fsp3) is 1.00. The van der Waals surface area contributed by atoms with Crippen molar-refractivity contribution < 1.29 is 4.74 Å². The van der Waals surface area contributed by atoms with Gasteiger partial charge in [-0.2, -0.15) is 0 Å². The normalized spacial score (nSPS) is 19.2. The minimum atomic E-state index is 0. The molecule has 0 aromatic heterocycles. The fourth-order valence-electron chi connectivity index (χ4n) is 1.69. The predicted molar refractivity (Wildman–Crippen MR) is 66.6 cm³/mol. The molecule has 4 heteroatoms. The van der Waals surface area contributed by atoms with Gasteiger partial charge in [0.05, 0.1) is 6.61 Å². The number of nitrogens with two attached hydrogens (primary N) is 1. The highest BCUT2D eigenvalue weighted by Gasteiger charge is 2.15. The van der Waals surface area contributed by atoms with Crippen LogP contribution in [0.1, 0.15) is 26.7 Å². The first-order chi connectivity index (χ1) is 6.68. The Morgan fingerprint density at radius 3 is 2.47 bits per heavy atom. The summed E-state index contributed by atoms with van der Waals surface area (Å²) in [4.78, 5) is 2.45. The monoisotopic (exact) mass is 236 g/mol. The molecule has 0 bridgehead atoms. The van der Waals surface area contributed by atoms with Gasteiger partial charge >= 0.3 is 0 Å². The summed E-state index contributed by atoms with van der Waals surface area (Å²) in [6.45, 7) is 9.47. The highest BCUT2D eigenvalue weighted by molar-refractivity contribution is 5.85. The van der Waals surface area contributed by atoms with Crippen LogP contribution in [0.25, 0.3) is 0 Å². The molecule has 0 radical (unpaired) electrons. The molecule has 1 aliphatic heterocycles. The van der Waals surface area contributed by atoms with Crippen molar-refractivity contribution in [2.45, 2.75) is 32.7 Å². The Morgan fingerprint density at radius 1 is 1.33 bits per heavy atom. The van der Waals surface area contributed by atoms with Crippen molar-refractivity contribution in [3.63, 3.8) is 0 Å². The summed E-state index contributed by atoms with van der Waals surface area (Å²) in [6, 6.07) is 0.433. The molecule has 0 aliphatic carbocycles. The fourth-order valence-corrected chi connectivity index (χ4v) is 1.69. The molecule has 3 nitrogen and oxygen atoms in total. The zero-order valence-electron chi connectivity index (χ0n) is 9.95. The molecule has 0 aromatic carbocycles. The van der Waals surface area contributed by atoms with E-state index in [-0.39, 0.29) is 12.4 Å². The van der Waals surface area contributed by atoms with E-state index in [0.717, 1.165) is 45.7 Å². The Morgan fingerprint density at radius 2 is 1.93 bits per heavy atom. The average molecular weight is 237 g/mol. The molecule has 1 aliphatic rings. The van der Waals surface area contributed by atoms with Gasteiger partial charge in [-0.05, 0) is 31.8 Å². The number of hydrogen-bond donors (Lipinski definition) is 1. The second kappa shape index (κ2) is 8.34. The Balaban J connectivity index is 0.00000196. The number of piperidine rings is 1. The van der Waals surface area contributed by atoms with Gasteiger partial charge in [0.25, 0.3) is 0 Å². The number of nitrogens with zero attached hydrogens (tertiary/aromatic N) is 1. The van der Waals surface area contributed by atoms with E-state index in [1.54, 1.807) is 0 Å². The van der Waals surface area contributed by atoms with Crippen molar-refractivity contribution >= 4 is 12.4 Å². The maximum atomic E-state index is 5.83. The molecule has 0 amide bonds. The van der Waals surface area contributed by atoms with Crippen LogP contribution in [0.5, 0.6) is 0 Å². The summed E-state index contributed by atoms with van der Waals surface area (Å²) in [7, 11) is 0. The van der Waals surface area contributed by atoms with Gasteiger partial charge in [-0.3, -0.25) is 0 Å². The van der Waals surface area contributed by atoms with Gasteiger partial charge in [0.2, 0.25) is 0 Å². The highest BCUT2D eigenvalue weighted by atomic mass is 35.5. The molecule has 1 rings (SSSR count). The van der Waals surface area contributed by atoms with Gasteiger partial charge in [-0.1, -0.05) is 13.8 Å². The average Bonchev–Trinajstić information content (AvgIpc) is 2.15. The zero-order valence-corrected chi connectivity index (χ0v) is 10.8. The van der Waals surface area contributed by atoms with E-state index in [2.05, 4.69) is 18.7 Å². The van der Waals surface area contributed by atoms with Crippen molar-refractivity contribution in [2.24, 2.45) is 11.7 Å². The first-order valence-corrected chi connectivity index (χ1v) is 5.74. The third-order valence-electron chi connectivity index (χ3n) is 2.64. The summed E-state index contributed by atoms with van der Waals surface area (Å²) in [5, 5.41) is 0. The largest absolute Gasteiger partial charge is 0.380 e. The Labute approximate surface area is 99.7 Å². The van der Waals surface area contributed by atoms with Crippen molar-refractivity contribution in [1.29, 1.82) is 0 Å². The van der Waals surface area contributed by atoms with Crippen LogP contribution in [0.15, 0.2) is 0 Å². The second-order valence-corrected chi connectivity index (χ2v) is 4.65. The molecule has 0 atom stereocenters. The Kier molecular flexibility index (Phi) is 8.43. The molecule has 1 heterocycles. The van der Waals surface area contributed by atoms with Crippen LogP contribution in [0.3, 0.4) is 0 Å². The van der Waals surface area contributed by atoms with Crippen LogP contribution in [0.2, 0.25) is 0 Å². The molecule has 0 saturated carbocycles. The van der Waals surface area contributed by atoms with Crippen molar-refractivity contribution in [1.82, 2.24) is 4.90 Å². The third-order valence-corrected chi connectivity index (χ3v) is 2.64. The van der Waals surface area contributed by atoms with Gasteiger partial charge in [0.15, 0.2) is 0 Å². The first-order valence-electron chi connectivity index (χ1n) is 5.74. The van der Waals surface area contributed by atoms with E-state index >= 15 is 0 Å². The molecule has 0 aromatic rings. The quantitative estimate of drug-likeness (QED) is 0.736. The Hall–Kier alpha value is 0.170. The molecular formula is C11H25ClN2O. The lowest BCUT2D eigenvalue weighted by molar-refractivity contribution is 0.0782. The van der Waals surface area contributed by atoms with Gasteiger partial charge in [-0.25, -0.2) is 0 Å². The minimum Gasteiger partial charge on any atom is -0.380 e. The maximum Gasteiger partial charge on any atom is 0.0593 e. The van der Waals surface area contributed by atoms with E-state index in [0.29, 0.717) is 12.0 Å². The van der Waals surface area contributed by atoms with Crippen LogP contribution in [-0.2, 0) is 4.74 Å². The van der Waals surface area contributed by atoms with Crippen LogP contribution < -0.4 is 5.73 Å². The first kappa shape index (κ1) is 15.2. The van der Waals surface area contributed by atoms with Crippen LogP contribution in [-0.4, -0.2) is 43.8 Å². The minimum absolute atomic E-state index is 0. The topological polar surface area (TPSA) is 38.5 Å². The van der Waals surface area contributed by atoms with Crippen molar-refractivity contribution in [2.75, 3.05) is 32.8 Å². The molecule has 15 heavy (non-hydrogen) atoms. The zero-order chi connectivity index (χ0) is 10.4. The van der Waals surface area contributed by atoms with E-state index < -0.39 is 0 Å². The van der Waals surface area contributed by atoms with Gasteiger partial charge in [0, 0.05) is 19.2 Å². The third kappa shape index (κ3) is 7.12. The SMILES string of the molecule is CC(C)COCCN1CCC(N)CC1.Cl. The summed E-state index contributed by atoms with van der Waals surface area (Å²) in [5.41, 5.74) is 5.83. The van der Waals surface area contributed by atoms with Crippen LogP contribution in [0, 0.1) is 5.92 Å². The molecule has 92 valence electrons. The lowest BCUT2D eigenvalue weighted by Gasteiger charge is -2.29. The number of likely N-dealkylation sites (tertiary alicyclic amines) is 1. The van der Waals surface area contributed by atoms with Crippen LogP contribution in [0.4, 0.5) is 0 Å². The second-order valence-electron chi connectivity index (χ2n) is 4.65. The number of rotatable bonds is 5. The molecule has 2 N–H and O–H groups in total. The highest BCUT2D eigenvalue weighted by Crippen LogP contribution is 2.07. The smallest absolute Gasteiger partial charge is 0.0593 e. The summed E-state index contributed by atoms with van der Waals surface area (Å²) in [5.74, 6) is 0.643. The van der Waals surface area contributed by atoms with Crippen molar-refractivity contribution in [3.8, 4) is 0 Å². The van der Waals surface area contributed by atoms with E-state index in [1.807, 2.05) is 0 Å². The Bertz CT molecular complexity index is 148. The summed E-state index contributed by atoms with van der Waals surface area (Å²) >= 11 is 0.